The number of nitrogens with zero attached hydrogens (tertiary/aromatic N) is 1. The Bertz CT molecular complexity index is 1470. The molecule has 7 heteroatoms. The van der Waals surface area contributed by atoms with Crippen molar-refractivity contribution in [2.24, 2.45) is 0 Å². The molecule has 4 aromatic rings. The number of para-hydroxylation sites is 2. The molecule has 4 N–H and O–H groups in total. The van der Waals surface area contributed by atoms with Gasteiger partial charge >= 0.3 is 6.09 Å². The van der Waals surface area contributed by atoms with Crippen LogP contribution in [0.4, 0.5) is 21.9 Å². The minimum absolute atomic E-state index is 0.00955. The largest absolute Gasteiger partial charge is 0.449 e. The van der Waals surface area contributed by atoms with Gasteiger partial charge in [0.1, 0.15) is 6.61 Å². The third-order valence-electron chi connectivity index (χ3n) is 7.56. The first-order valence-corrected chi connectivity index (χ1v) is 13.2. The lowest BCUT2D eigenvalue weighted by atomic mass is 9.98. The highest BCUT2D eigenvalue weighted by molar-refractivity contribution is 6.05. The van der Waals surface area contributed by atoms with Gasteiger partial charge in [-0.3, -0.25) is 4.79 Å². The van der Waals surface area contributed by atoms with Crippen molar-refractivity contribution in [3.05, 3.63) is 114 Å². The number of nitrogen functional groups attached to an aromatic ring is 1. The first kappa shape index (κ1) is 24.6. The van der Waals surface area contributed by atoms with Crippen LogP contribution in [0.1, 0.15) is 33.8 Å². The van der Waals surface area contributed by atoms with Gasteiger partial charge in [0, 0.05) is 30.3 Å². The molecule has 1 aliphatic carbocycles. The van der Waals surface area contributed by atoms with Gasteiger partial charge < -0.3 is 26.0 Å². The topological polar surface area (TPSA) is 96.7 Å². The second-order valence-electron chi connectivity index (χ2n) is 9.99. The Kier molecular flexibility index (Phi) is 6.63. The van der Waals surface area contributed by atoms with Crippen LogP contribution in [-0.4, -0.2) is 37.7 Å². The minimum atomic E-state index is -0.393. The highest BCUT2D eigenvalue weighted by Gasteiger charge is 2.30. The first-order chi connectivity index (χ1) is 19.1. The third kappa shape index (κ3) is 5.03. The fraction of sp³-hybridized carbons (Fsp3) is 0.188. The number of anilines is 3. The van der Waals surface area contributed by atoms with Gasteiger partial charge in [-0.25, -0.2) is 4.79 Å². The van der Waals surface area contributed by atoms with Gasteiger partial charge in [0.05, 0.1) is 17.4 Å². The maximum absolute atomic E-state index is 12.7. The minimum Gasteiger partial charge on any atom is -0.449 e. The Morgan fingerprint density at radius 3 is 2.18 bits per heavy atom. The number of amides is 2. The Hall–Kier alpha value is -4.78. The molecule has 0 saturated carbocycles. The lowest BCUT2D eigenvalue weighted by Gasteiger charge is -2.20. The Labute approximate surface area is 227 Å². The van der Waals surface area contributed by atoms with E-state index in [0.717, 1.165) is 18.7 Å². The zero-order chi connectivity index (χ0) is 26.8. The van der Waals surface area contributed by atoms with Crippen LogP contribution in [0.2, 0.25) is 0 Å². The van der Waals surface area contributed by atoms with Gasteiger partial charge in [-0.05, 0) is 65.1 Å². The Morgan fingerprint density at radius 2 is 1.49 bits per heavy atom. The van der Waals surface area contributed by atoms with Crippen LogP contribution < -0.4 is 21.3 Å². The average molecular weight is 519 g/mol. The van der Waals surface area contributed by atoms with Gasteiger partial charge in [0.15, 0.2) is 0 Å². The number of hydrogen-bond donors (Lipinski definition) is 3. The van der Waals surface area contributed by atoms with Crippen LogP contribution in [0, 0.1) is 0 Å². The number of nitrogens with two attached hydrogens (primary N) is 1. The van der Waals surface area contributed by atoms with Crippen molar-refractivity contribution in [2.75, 3.05) is 35.6 Å². The second-order valence-corrected chi connectivity index (χ2v) is 9.99. The average Bonchev–Trinajstić information content (AvgIpc) is 3.56. The predicted octanol–water partition coefficient (Wildman–Crippen LogP) is 5.64. The lowest BCUT2D eigenvalue weighted by Crippen LogP contribution is -2.38. The number of ether oxygens (including phenoxy) is 1. The van der Waals surface area contributed by atoms with E-state index >= 15 is 0 Å². The molecule has 4 aromatic carbocycles. The molecule has 2 aliphatic rings. The smallest absolute Gasteiger partial charge is 0.407 e. The molecule has 39 heavy (non-hydrogen) atoms. The van der Waals surface area contributed by atoms with Crippen molar-refractivity contribution in [1.82, 2.24) is 5.32 Å². The zero-order valence-electron chi connectivity index (χ0n) is 21.5. The molecule has 0 unspecified atom stereocenters. The van der Waals surface area contributed by atoms with E-state index in [2.05, 4.69) is 39.8 Å². The fourth-order valence-electron chi connectivity index (χ4n) is 5.55. The Morgan fingerprint density at radius 1 is 0.846 bits per heavy atom. The van der Waals surface area contributed by atoms with Crippen molar-refractivity contribution in [3.8, 4) is 11.1 Å². The summed E-state index contributed by atoms with van der Waals surface area (Å²) in [4.78, 5) is 27.5. The summed E-state index contributed by atoms with van der Waals surface area (Å²) in [6.45, 7) is 1.78. The number of carbonyl (C=O) groups excluding carboxylic acids is 2. The van der Waals surface area contributed by atoms with E-state index < -0.39 is 6.09 Å². The van der Waals surface area contributed by atoms with Crippen LogP contribution >= 0.6 is 0 Å². The van der Waals surface area contributed by atoms with Crippen LogP contribution in [0.15, 0.2) is 97.1 Å². The van der Waals surface area contributed by atoms with E-state index in [1.807, 2.05) is 48.5 Å². The monoisotopic (exact) mass is 518 g/mol. The predicted molar refractivity (Wildman–Crippen MR) is 154 cm³/mol. The van der Waals surface area contributed by atoms with E-state index in [-0.39, 0.29) is 17.9 Å². The summed E-state index contributed by atoms with van der Waals surface area (Å²) in [5.41, 5.74) is 13.4. The van der Waals surface area contributed by atoms with E-state index in [4.69, 9.17) is 10.5 Å². The van der Waals surface area contributed by atoms with Crippen LogP contribution in [-0.2, 0) is 4.74 Å². The Balaban J connectivity index is 1.02. The van der Waals surface area contributed by atoms with E-state index in [0.29, 0.717) is 30.1 Å². The molecule has 0 radical (unpaired) electrons. The standard InChI is InChI=1S/C32H30N4O3/c33-29-11-5-6-12-30(29)35-31(37)21-13-15-23(16-14-21)36-18-17-22(19-36)34-32(38)39-20-28-26-9-3-1-7-24(26)25-8-2-4-10-27(25)28/h1-16,22,28H,17-20,33H2,(H,34,38)(H,35,37)/t22-/m0/s1. The molecule has 0 spiro atoms. The highest BCUT2D eigenvalue weighted by atomic mass is 16.5. The number of carbonyl (C=O) groups is 2. The summed E-state index contributed by atoms with van der Waals surface area (Å²) in [6.07, 6.45) is 0.426. The summed E-state index contributed by atoms with van der Waals surface area (Å²) in [5, 5.41) is 5.88. The second kappa shape index (κ2) is 10.5. The summed E-state index contributed by atoms with van der Waals surface area (Å²) < 4.78 is 5.72. The molecule has 1 heterocycles. The maximum atomic E-state index is 12.7. The van der Waals surface area contributed by atoms with E-state index in [1.54, 1.807) is 24.3 Å². The van der Waals surface area contributed by atoms with Crippen LogP contribution in [0.3, 0.4) is 0 Å². The molecular weight excluding hydrogens is 488 g/mol. The maximum Gasteiger partial charge on any atom is 0.407 e. The summed E-state index contributed by atoms with van der Waals surface area (Å²) >= 11 is 0. The fourth-order valence-corrected chi connectivity index (χ4v) is 5.55. The van der Waals surface area contributed by atoms with Gasteiger partial charge in [-0.1, -0.05) is 60.7 Å². The first-order valence-electron chi connectivity index (χ1n) is 13.2. The van der Waals surface area contributed by atoms with Crippen LogP contribution in [0.25, 0.3) is 11.1 Å². The van der Waals surface area contributed by atoms with E-state index in [1.165, 1.54) is 22.3 Å². The molecule has 2 amide bonds. The van der Waals surface area contributed by atoms with Crippen LogP contribution in [0.5, 0.6) is 0 Å². The molecule has 7 nitrogen and oxygen atoms in total. The van der Waals surface area contributed by atoms with Gasteiger partial charge in [-0.2, -0.15) is 0 Å². The molecule has 196 valence electrons. The SMILES string of the molecule is Nc1ccccc1NC(=O)c1ccc(N2CC[C@H](NC(=O)OCC3c4ccccc4-c4ccccc43)C2)cc1. The zero-order valence-corrected chi connectivity index (χ0v) is 21.5. The van der Waals surface area contributed by atoms with Gasteiger partial charge in [0.25, 0.3) is 5.91 Å². The molecule has 0 bridgehead atoms. The van der Waals surface area contributed by atoms with Crippen molar-refractivity contribution in [2.45, 2.75) is 18.4 Å². The molecule has 1 aliphatic heterocycles. The van der Waals surface area contributed by atoms with Crippen molar-refractivity contribution in [1.29, 1.82) is 0 Å². The molecule has 0 aromatic heterocycles. The molecule has 1 fully saturated rings. The van der Waals surface area contributed by atoms with Crippen molar-refractivity contribution < 1.29 is 14.3 Å². The number of nitrogens with one attached hydrogen (secondary N) is 2. The number of alkyl carbamates (subject to hydrolysis) is 1. The number of benzene rings is 4. The van der Waals surface area contributed by atoms with Crippen molar-refractivity contribution in [3.63, 3.8) is 0 Å². The van der Waals surface area contributed by atoms with Crippen molar-refractivity contribution >= 4 is 29.1 Å². The summed E-state index contributed by atoms with van der Waals surface area (Å²) in [5.74, 6) is -0.173. The van der Waals surface area contributed by atoms with Gasteiger partial charge in [-0.15, -0.1) is 0 Å². The summed E-state index contributed by atoms with van der Waals surface area (Å²) in [6, 6.07) is 31.3. The van der Waals surface area contributed by atoms with E-state index in [9.17, 15) is 9.59 Å². The molecule has 1 saturated heterocycles. The lowest BCUT2D eigenvalue weighted by molar-refractivity contribution is 0.102. The summed E-state index contributed by atoms with van der Waals surface area (Å²) in [7, 11) is 0. The third-order valence-corrected chi connectivity index (χ3v) is 7.56. The number of rotatable bonds is 6. The van der Waals surface area contributed by atoms with Gasteiger partial charge in [0.2, 0.25) is 0 Å². The quantitative estimate of drug-likeness (QED) is 0.287. The normalized spacial score (nSPS) is 15.9. The highest BCUT2D eigenvalue weighted by Crippen LogP contribution is 2.44. The molecular formula is C32H30N4O3. The number of fused-ring (bicyclic) bond motifs is 3. The molecule has 1 atom stereocenters. The number of hydrogen-bond acceptors (Lipinski definition) is 5. The molecule has 6 rings (SSSR count).